The van der Waals surface area contributed by atoms with Gasteiger partial charge < -0.3 is 10.1 Å². The van der Waals surface area contributed by atoms with Gasteiger partial charge in [-0.2, -0.15) is 10.1 Å². The van der Waals surface area contributed by atoms with Crippen LogP contribution in [0.4, 0.5) is 22.1 Å². The van der Waals surface area contributed by atoms with Crippen molar-refractivity contribution in [2.75, 3.05) is 10.6 Å². The molecule has 0 saturated heterocycles. The van der Waals surface area contributed by atoms with Crippen LogP contribution in [0, 0.1) is 0 Å². The van der Waals surface area contributed by atoms with Crippen LogP contribution in [0.3, 0.4) is 0 Å². The molecule has 198 valence electrons. The van der Waals surface area contributed by atoms with E-state index in [-0.39, 0.29) is 16.7 Å². The molecule has 0 aliphatic rings. The van der Waals surface area contributed by atoms with Gasteiger partial charge in [0.25, 0.3) is 5.56 Å². The lowest BCUT2D eigenvalue weighted by Crippen LogP contribution is -2.27. The largest absolute Gasteiger partial charge is 0.444 e. The molecule has 5 rings (SSSR count). The minimum absolute atomic E-state index is 0.237. The van der Waals surface area contributed by atoms with Gasteiger partial charge in [0.05, 0.1) is 11.4 Å². The monoisotopic (exact) mass is 543 g/mol. The summed E-state index contributed by atoms with van der Waals surface area (Å²) in [6, 6.07) is 18.1. The van der Waals surface area contributed by atoms with E-state index in [0.29, 0.717) is 33.7 Å². The summed E-state index contributed by atoms with van der Waals surface area (Å²) in [5, 5.41) is 10.8. The number of ether oxygens (including phenoxy) is 1. The smallest absolute Gasteiger partial charge is 0.412 e. The third kappa shape index (κ3) is 5.75. The average Bonchev–Trinajstić information content (AvgIpc) is 3.19. The van der Waals surface area contributed by atoms with E-state index in [4.69, 9.17) is 16.3 Å². The maximum absolute atomic E-state index is 14.0. The normalized spacial score (nSPS) is 11.4. The van der Waals surface area contributed by atoms with Gasteiger partial charge in [0, 0.05) is 36.1 Å². The van der Waals surface area contributed by atoms with Gasteiger partial charge in [-0.25, -0.2) is 9.78 Å². The molecule has 3 heterocycles. The minimum Gasteiger partial charge on any atom is -0.444 e. The summed E-state index contributed by atoms with van der Waals surface area (Å²) in [6.07, 6.45) is 2.74. The second-order valence-electron chi connectivity index (χ2n) is 9.85. The van der Waals surface area contributed by atoms with E-state index >= 15 is 0 Å². The number of nitrogens with one attached hydrogen (secondary N) is 2. The van der Waals surface area contributed by atoms with Gasteiger partial charge >= 0.3 is 6.09 Å². The molecule has 0 radical (unpaired) electrons. The second-order valence-corrected chi connectivity index (χ2v) is 10.2. The van der Waals surface area contributed by atoms with E-state index in [0.717, 1.165) is 5.56 Å². The highest BCUT2D eigenvalue weighted by Gasteiger charge is 2.18. The summed E-state index contributed by atoms with van der Waals surface area (Å²) in [5.41, 5.74) is 2.15. The highest BCUT2D eigenvalue weighted by atomic mass is 35.5. The van der Waals surface area contributed by atoms with Gasteiger partial charge in [0.15, 0.2) is 10.8 Å². The first kappa shape index (κ1) is 25.9. The van der Waals surface area contributed by atoms with Crippen LogP contribution in [0.1, 0.15) is 20.8 Å². The Hall–Kier alpha value is -4.70. The summed E-state index contributed by atoms with van der Waals surface area (Å²) in [7, 11) is 1.75. The number of aromatic nitrogens is 5. The molecule has 0 unspecified atom stereocenters. The standard InChI is InChI=1S/C28H26ClN7O3/c1-28(2,3)39-27(38)31-19-11-8-12-20(14-19)36-24-18(13-21(25(36)37)17-9-6-5-7-10-17)15-30-26(33-24)32-22-16-35(4)34-23(22)29/h5-16H,1-4H3,(H,31,38)(H,30,32,33). The van der Waals surface area contributed by atoms with Gasteiger partial charge in [-0.1, -0.05) is 48.0 Å². The molecule has 39 heavy (non-hydrogen) atoms. The third-order valence-corrected chi connectivity index (χ3v) is 5.88. The van der Waals surface area contributed by atoms with Gasteiger partial charge in [0.1, 0.15) is 5.60 Å². The molecule has 3 aromatic heterocycles. The molecule has 0 bridgehead atoms. The van der Waals surface area contributed by atoms with Crippen LogP contribution < -0.4 is 16.2 Å². The zero-order valence-electron chi connectivity index (χ0n) is 21.8. The zero-order valence-corrected chi connectivity index (χ0v) is 22.5. The number of pyridine rings is 1. The maximum atomic E-state index is 14.0. The van der Waals surface area contributed by atoms with Crippen LogP contribution in [0.25, 0.3) is 27.8 Å². The van der Waals surface area contributed by atoms with Crippen molar-refractivity contribution < 1.29 is 9.53 Å². The highest BCUT2D eigenvalue weighted by molar-refractivity contribution is 6.32. The average molecular weight is 544 g/mol. The van der Waals surface area contributed by atoms with E-state index in [2.05, 4.69) is 25.7 Å². The van der Waals surface area contributed by atoms with Crippen LogP contribution in [0.2, 0.25) is 5.15 Å². The second kappa shape index (κ2) is 10.2. The van der Waals surface area contributed by atoms with E-state index in [1.165, 1.54) is 4.57 Å². The highest BCUT2D eigenvalue weighted by Crippen LogP contribution is 2.26. The van der Waals surface area contributed by atoms with Crippen molar-refractivity contribution in [3.05, 3.63) is 88.6 Å². The topological polar surface area (TPSA) is 116 Å². The summed E-state index contributed by atoms with van der Waals surface area (Å²) in [4.78, 5) is 35.5. The molecule has 5 aromatic rings. The number of hydrogen-bond donors (Lipinski definition) is 2. The van der Waals surface area contributed by atoms with Crippen molar-refractivity contribution in [2.24, 2.45) is 7.05 Å². The third-order valence-electron chi connectivity index (χ3n) is 5.61. The molecule has 0 saturated carbocycles. The fraction of sp³-hybridized carbons (Fsp3) is 0.179. The Kier molecular flexibility index (Phi) is 6.80. The van der Waals surface area contributed by atoms with E-state index in [1.807, 2.05) is 30.3 Å². The first-order valence-corrected chi connectivity index (χ1v) is 12.5. The fourth-order valence-electron chi connectivity index (χ4n) is 4.03. The van der Waals surface area contributed by atoms with E-state index in [1.54, 1.807) is 75.2 Å². The van der Waals surface area contributed by atoms with Gasteiger partial charge in [-0.15, -0.1) is 0 Å². The molecule has 2 aromatic carbocycles. The number of benzene rings is 2. The number of hydrogen-bond acceptors (Lipinski definition) is 7. The van der Waals surface area contributed by atoms with E-state index < -0.39 is 11.7 Å². The van der Waals surface area contributed by atoms with E-state index in [9.17, 15) is 9.59 Å². The van der Waals surface area contributed by atoms with Crippen molar-refractivity contribution in [1.82, 2.24) is 24.3 Å². The number of carbonyl (C=O) groups excluding carboxylic acids is 1. The first-order chi connectivity index (χ1) is 18.6. The van der Waals surface area contributed by atoms with Crippen molar-refractivity contribution in [3.8, 4) is 16.8 Å². The van der Waals surface area contributed by atoms with Crippen LogP contribution in [0.15, 0.2) is 77.9 Å². The van der Waals surface area contributed by atoms with Crippen molar-refractivity contribution in [1.29, 1.82) is 0 Å². The number of rotatable bonds is 5. The molecule has 0 fully saturated rings. The molecule has 0 aliphatic heterocycles. The Morgan fingerprint density at radius 1 is 1.05 bits per heavy atom. The summed E-state index contributed by atoms with van der Waals surface area (Å²) in [5.74, 6) is 0.237. The Morgan fingerprint density at radius 3 is 2.51 bits per heavy atom. The fourth-order valence-corrected chi connectivity index (χ4v) is 4.25. The number of halogens is 1. The molecular formula is C28H26ClN7O3. The molecule has 11 heteroatoms. The Labute approximate surface area is 229 Å². The maximum Gasteiger partial charge on any atom is 0.412 e. The quantitative estimate of drug-likeness (QED) is 0.282. The molecule has 0 spiro atoms. The van der Waals surface area contributed by atoms with Crippen molar-refractivity contribution in [2.45, 2.75) is 26.4 Å². The zero-order chi connectivity index (χ0) is 27.7. The van der Waals surface area contributed by atoms with Crippen LogP contribution in [-0.4, -0.2) is 36.0 Å². The molecule has 0 atom stereocenters. The number of anilines is 3. The van der Waals surface area contributed by atoms with Crippen LogP contribution in [-0.2, 0) is 11.8 Å². The molecule has 1 amide bonds. The van der Waals surface area contributed by atoms with Gasteiger partial charge in [-0.3, -0.25) is 19.4 Å². The summed E-state index contributed by atoms with van der Waals surface area (Å²) >= 11 is 6.20. The summed E-state index contributed by atoms with van der Waals surface area (Å²) in [6.45, 7) is 5.36. The lowest BCUT2D eigenvalue weighted by Gasteiger charge is -2.20. The van der Waals surface area contributed by atoms with Gasteiger partial charge in [-0.05, 0) is 50.6 Å². The Bertz CT molecular complexity index is 1740. The number of carbonyl (C=O) groups is 1. The van der Waals surface area contributed by atoms with Crippen molar-refractivity contribution in [3.63, 3.8) is 0 Å². The lowest BCUT2D eigenvalue weighted by molar-refractivity contribution is 0.0636. The summed E-state index contributed by atoms with van der Waals surface area (Å²) < 4.78 is 8.44. The number of aryl methyl sites for hydroxylation is 1. The predicted molar refractivity (Wildman–Crippen MR) is 152 cm³/mol. The SMILES string of the molecule is Cn1cc(Nc2ncc3cc(-c4ccccc4)c(=O)n(-c4cccc(NC(=O)OC(C)(C)C)c4)c3n2)c(Cl)n1. The molecule has 0 aliphatic carbocycles. The molecule has 10 nitrogen and oxygen atoms in total. The minimum atomic E-state index is -0.656. The lowest BCUT2D eigenvalue weighted by atomic mass is 10.1. The predicted octanol–water partition coefficient (Wildman–Crippen LogP) is 5.93. The molecule has 2 N–H and O–H groups in total. The molecular weight excluding hydrogens is 518 g/mol. The van der Waals surface area contributed by atoms with Crippen LogP contribution in [0.5, 0.6) is 0 Å². The Morgan fingerprint density at radius 2 is 1.82 bits per heavy atom. The number of fused-ring (bicyclic) bond motifs is 1. The van der Waals surface area contributed by atoms with Gasteiger partial charge in [0.2, 0.25) is 5.95 Å². The number of nitrogens with zero attached hydrogens (tertiary/aromatic N) is 5. The number of amides is 1. The van der Waals surface area contributed by atoms with Crippen LogP contribution >= 0.6 is 11.6 Å². The van der Waals surface area contributed by atoms with Crippen molar-refractivity contribution >= 4 is 46.1 Å². The Balaban J connectivity index is 1.65. The first-order valence-electron chi connectivity index (χ1n) is 12.1.